The van der Waals surface area contributed by atoms with Crippen molar-refractivity contribution in [2.45, 2.75) is 44.6 Å². The van der Waals surface area contributed by atoms with E-state index in [2.05, 4.69) is 9.89 Å². The Morgan fingerprint density at radius 1 is 1.16 bits per heavy atom. The van der Waals surface area contributed by atoms with Crippen LogP contribution < -0.4 is 0 Å². The van der Waals surface area contributed by atoms with Gasteiger partial charge in [-0.2, -0.15) is 13.2 Å². The monoisotopic (exact) mass is 526 g/mol. The van der Waals surface area contributed by atoms with E-state index in [-0.39, 0.29) is 24.4 Å². The number of carbonyl (C=O) groups is 4. The Balaban J connectivity index is 0.000000479. The number of aliphatic imine (C=N–C) groups is 1. The summed E-state index contributed by atoms with van der Waals surface area (Å²) in [4.78, 5) is 58.9. The molecule has 3 heterocycles. The number of amides is 2. The number of carbonyl (C=O) groups excluding carboxylic acids is 3. The predicted octanol–water partition coefficient (Wildman–Crippen LogP) is 1.75. The Labute approximate surface area is 211 Å². The van der Waals surface area contributed by atoms with Gasteiger partial charge >= 0.3 is 18.1 Å². The number of benzene rings is 1. The average Bonchev–Trinajstić information content (AvgIpc) is 3.46. The molecule has 13 heteroatoms. The fourth-order valence-corrected chi connectivity index (χ4v) is 5.61. The molecule has 0 bridgehead atoms. The summed E-state index contributed by atoms with van der Waals surface area (Å²) >= 11 is 0. The summed E-state index contributed by atoms with van der Waals surface area (Å²) < 4.78 is 36.9. The van der Waals surface area contributed by atoms with Gasteiger partial charge in [-0.25, -0.2) is 9.59 Å². The number of hydrogen-bond acceptors (Lipinski definition) is 6. The molecule has 4 atom stereocenters. The van der Waals surface area contributed by atoms with Crippen molar-refractivity contribution in [3.63, 3.8) is 0 Å². The summed E-state index contributed by atoms with van der Waals surface area (Å²) in [5, 5.41) is 7.12. The van der Waals surface area contributed by atoms with Crippen LogP contribution in [0.25, 0.3) is 0 Å². The van der Waals surface area contributed by atoms with E-state index in [9.17, 15) is 27.6 Å². The van der Waals surface area contributed by atoms with Crippen LogP contribution >= 0.6 is 0 Å². The first-order valence-corrected chi connectivity index (χ1v) is 11.7. The van der Waals surface area contributed by atoms with Crippen LogP contribution in [0.3, 0.4) is 0 Å². The fraction of sp³-hybridized carbons (Fsp3) is 0.542. The number of carboxylic acid groups (broad SMARTS) is 1. The van der Waals surface area contributed by atoms with Crippen molar-refractivity contribution in [1.82, 2.24) is 14.7 Å². The second-order valence-electron chi connectivity index (χ2n) is 8.82. The molecule has 0 spiro atoms. The van der Waals surface area contributed by atoms with Crippen molar-refractivity contribution < 1.29 is 42.2 Å². The van der Waals surface area contributed by atoms with Crippen LogP contribution in [0.15, 0.2) is 35.3 Å². The number of likely N-dealkylation sites (tertiary alicyclic amines) is 1. The molecule has 3 fully saturated rings. The zero-order chi connectivity index (χ0) is 27.7. The molecule has 1 aromatic rings. The van der Waals surface area contributed by atoms with E-state index in [1.807, 2.05) is 49.1 Å². The lowest BCUT2D eigenvalue weighted by molar-refractivity contribution is -0.192. The van der Waals surface area contributed by atoms with Gasteiger partial charge < -0.3 is 19.6 Å². The number of guanidine groups is 1. The largest absolute Gasteiger partial charge is 0.490 e. The number of ether oxygens (including phenoxy) is 1. The standard InChI is InChI=1S/C22H28N4O4.C2HF3O2/c1-5-22(20(29)30-4)17-16(15-13-24(6-2)21(23-3)26(15)22)18(27)25(19(17)28)12-14-10-8-7-9-11-14;3-2(4,5)1(6)7/h7-11,15-17H,5-6,12-13H2,1-4H3;(H,6,7)/t15-,16+,17-,22-;/m1./s1. The zero-order valence-corrected chi connectivity index (χ0v) is 20.9. The number of rotatable bonds is 5. The smallest absolute Gasteiger partial charge is 0.475 e. The van der Waals surface area contributed by atoms with Crippen molar-refractivity contribution in [1.29, 1.82) is 0 Å². The highest BCUT2D eigenvalue weighted by Gasteiger charge is 2.74. The number of esters is 1. The maximum absolute atomic E-state index is 13.6. The number of methoxy groups -OCH3 is 1. The van der Waals surface area contributed by atoms with Crippen molar-refractivity contribution in [2.75, 3.05) is 27.2 Å². The van der Waals surface area contributed by atoms with E-state index in [1.54, 1.807) is 7.05 Å². The number of alkyl halides is 3. The molecule has 0 aliphatic carbocycles. The summed E-state index contributed by atoms with van der Waals surface area (Å²) in [6.45, 7) is 5.36. The third-order valence-electron chi connectivity index (χ3n) is 7.12. The Morgan fingerprint density at radius 2 is 1.76 bits per heavy atom. The van der Waals surface area contributed by atoms with E-state index in [0.29, 0.717) is 25.5 Å². The van der Waals surface area contributed by atoms with E-state index in [4.69, 9.17) is 14.6 Å². The number of hydrogen-bond donors (Lipinski definition) is 1. The maximum Gasteiger partial charge on any atom is 0.490 e. The van der Waals surface area contributed by atoms with E-state index in [0.717, 1.165) is 5.56 Å². The van der Waals surface area contributed by atoms with Gasteiger partial charge in [-0.3, -0.25) is 19.5 Å². The molecular weight excluding hydrogens is 497 g/mol. The van der Waals surface area contributed by atoms with Crippen LogP contribution in [0.4, 0.5) is 13.2 Å². The molecule has 0 aromatic heterocycles. The Morgan fingerprint density at radius 3 is 2.22 bits per heavy atom. The van der Waals surface area contributed by atoms with E-state index < -0.39 is 35.5 Å². The molecule has 1 aromatic carbocycles. The molecule has 3 aliphatic heterocycles. The van der Waals surface area contributed by atoms with Gasteiger partial charge in [-0.05, 0) is 18.9 Å². The molecule has 2 amide bonds. The van der Waals surface area contributed by atoms with Crippen molar-refractivity contribution in [3.8, 4) is 0 Å². The number of imide groups is 1. The molecule has 0 saturated carbocycles. The van der Waals surface area contributed by atoms with Crippen LogP contribution in [0, 0.1) is 11.8 Å². The second-order valence-corrected chi connectivity index (χ2v) is 8.82. The number of halogens is 3. The SMILES string of the molecule is CCN1C[C@@H]2[C@@H]3C(=O)N(Cc4ccccc4)C(=O)[C@@H]3[C@](CC)(C(=O)OC)N2C1=NC.O=C(O)C(F)(F)F. The van der Waals surface area contributed by atoms with Gasteiger partial charge in [-0.1, -0.05) is 37.3 Å². The fourth-order valence-electron chi connectivity index (χ4n) is 5.61. The molecule has 1 N–H and O–H groups in total. The zero-order valence-electron chi connectivity index (χ0n) is 20.9. The van der Waals surface area contributed by atoms with Gasteiger partial charge in [0.2, 0.25) is 11.8 Å². The minimum atomic E-state index is -5.08. The van der Waals surface area contributed by atoms with Crippen LogP contribution in [-0.2, 0) is 30.5 Å². The first-order valence-electron chi connectivity index (χ1n) is 11.7. The lowest BCUT2D eigenvalue weighted by atomic mass is 9.78. The molecule has 3 aliphatic rings. The molecule has 10 nitrogen and oxygen atoms in total. The summed E-state index contributed by atoms with van der Waals surface area (Å²) in [5.41, 5.74) is -0.352. The van der Waals surface area contributed by atoms with Crippen LogP contribution in [0.1, 0.15) is 25.8 Å². The number of fused-ring (bicyclic) bond motifs is 3. The third kappa shape index (κ3) is 4.51. The van der Waals surface area contributed by atoms with E-state index in [1.165, 1.54) is 12.0 Å². The normalized spacial score (nSPS) is 27.7. The molecule has 3 saturated heterocycles. The molecule has 202 valence electrons. The van der Waals surface area contributed by atoms with Gasteiger partial charge in [0.15, 0.2) is 11.5 Å². The van der Waals surface area contributed by atoms with Gasteiger partial charge in [0.25, 0.3) is 0 Å². The third-order valence-corrected chi connectivity index (χ3v) is 7.12. The molecule has 4 rings (SSSR count). The molecular formula is C24H29F3N4O6. The lowest BCUT2D eigenvalue weighted by Gasteiger charge is -2.39. The predicted molar refractivity (Wildman–Crippen MR) is 124 cm³/mol. The quantitative estimate of drug-likeness (QED) is 0.455. The average molecular weight is 527 g/mol. The van der Waals surface area contributed by atoms with Gasteiger partial charge in [0.1, 0.15) is 0 Å². The topological polar surface area (TPSA) is 120 Å². The highest BCUT2D eigenvalue weighted by atomic mass is 19.4. The maximum atomic E-state index is 13.6. The summed E-state index contributed by atoms with van der Waals surface area (Å²) in [6.07, 6.45) is -4.73. The number of nitrogens with zero attached hydrogens (tertiary/aromatic N) is 4. The summed E-state index contributed by atoms with van der Waals surface area (Å²) in [5.74, 6) is -4.46. The van der Waals surface area contributed by atoms with Crippen LogP contribution in [0.2, 0.25) is 0 Å². The second kappa shape index (κ2) is 10.4. The summed E-state index contributed by atoms with van der Waals surface area (Å²) in [6, 6.07) is 9.16. The van der Waals surface area contributed by atoms with Gasteiger partial charge in [-0.15, -0.1) is 0 Å². The lowest BCUT2D eigenvalue weighted by Crippen LogP contribution is -2.60. The first-order chi connectivity index (χ1) is 17.4. The minimum Gasteiger partial charge on any atom is -0.475 e. The van der Waals surface area contributed by atoms with Crippen molar-refractivity contribution in [2.24, 2.45) is 16.8 Å². The Kier molecular flexibility index (Phi) is 7.84. The number of carboxylic acids is 1. The van der Waals surface area contributed by atoms with Crippen LogP contribution in [-0.4, -0.2) is 94.5 Å². The Hall–Kier alpha value is -3.64. The summed E-state index contributed by atoms with van der Waals surface area (Å²) in [7, 11) is 3.01. The van der Waals surface area contributed by atoms with Gasteiger partial charge in [0, 0.05) is 20.1 Å². The number of aliphatic carboxylic acids is 1. The highest BCUT2D eigenvalue weighted by molar-refractivity contribution is 6.11. The highest BCUT2D eigenvalue weighted by Crippen LogP contribution is 2.53. The first kappa shape index (κ1) is 27.9. The molecule has 37 heavy (non-hydrogen) atoms. The van der Waals surface area contributed by atoms with Crippen LogP contribution in [0.5, 0.6) is 0 Å². The van der Waals surface area contributed by atoms with Crippen molar-refractivity contribution >= 4 is 29.7 Å². The molecule has 0 radical (unpaired) electrons. The Bertz CT molecular complexity index is 1100. The molecule has 0 unspecified atom stereocenters. The van der Waals surface area contributed by atoms with E-state index >= 15 is 0 Å². The van der Waals surface area contributed by atoms with Gasteiger partial charge in [0.05, 0.1) is 31.5 Å². The number of likely N-dealkylation sites (N-methyl/N-ethyl adjacent to an activating group) is 1. The minimum absolute atomic E-state index is 0.212. The van der Waals surface area contributed by atoms with Crippen molar-refractivity contribution in [3.05, 3.63) is 35.9 Å².